The fraction of sp³-hybridized carbons (Fsp3) is 0.286. The highest BCUT2D eigenvalue weighted by Gasteiger charge is 2.53. The van der Waals surface area contributed by atoms with E-state index in [2.05, 4.69) is 26.8 Å². The Hall–Kier alpha value is -1.86. The van der Waals surface area contributed by atoms with Gasteiger partial charge < -0.3 is 9.84 Å². The van der Waals surface area contributed by atoms with Gasteiger partial charge in [-0.2, -0.15) is 0 Å². The predicted molar refractivity (Wildman–Crippen MR) is 78.3 cm³/mol. The lowest BCUT2D eigenvalue weighted by atomic mass is 9.82. The first-order valence-corrected chi connectivity index (χ1v) is 7.23. The molecule has 0 aromatic heterocycles. The van der Waals surface area contributed by atoms with Gasteiger partial charge in [0.1, 0.15) is 5.92 Å². The molecule has 2 heterocycles. The van der Waals surface area contributed by atoms with E-state index < -0.39 is 30.0 Å². The van der Waals surface area contributed by atoms with Gasteiger partial charge in [-0.15, -0.1) is 0 Å². The van der Waals surface area contributed by atoms with Gasteiger partial charge in [0.2, 0.25) is 5.91 Å². The lowest BCUT2D eigenvalue weighted by Gasteiger charge is -2.21. The zero-order chi connectivity index (χ0) is 15.0. The number of carbonyl (C=O) groups is 2. The van der Waals surface area contributed by atoms with E-state index >= 15 is 0 Å². The summed E-state index contributed by atoms with van der Waals surface area (Å²) in [6, 6.07) is 7.24. The molecule has 3 N–H and O–H groups in total. The second-order valence-electron chi connectivity index (χ2n) is 4.96. The summed E-state index contributed by atoms with van der Waals surface area (Å²) in [4.78, 5) is 23.5. The van der Waals surface area contributed by atoms with Gasteiger partial charge in [0.25, 0.3) is 0 Å². The molecule has 2 bridgehead atoms. The lowest BCUT2D eigenvalue weighted by molar-refractivity contribution is -0.146. The summed E-state index contributed by atoms with van der Waals surface area (Å²) in [5.41, 5.74) is 6.03. The number of benzene rings is 1. The Balaban J connectivity index is 1.66. The molecule has 110 valence electrons. The van der Waals surface area contributed by atoms with Crippen molar-refractivity contribution in [3.63, 3.8) is 0 Å². The quantitative estimate of drug-likeness (QED) is 0.565. The van der Waals surface area contributed by atoms with E-state index in [1.54, 1.807) is 24.3 Å². The molecule has 21 heavy (non-hydrogen) atoms. The molecule has 2 aliphatic rings. The Morgan fingerprint density at radius 3 is 2.33 bits per heavy atom. The standard InChI is InChI=1S/C14H13BrN2O4/c15-7-1-3-8(4-2-7)16-17-13(18)11-9-5-6-10(21-9)12(11)14(19)20/h1-6,9-12,16H,(H,17,18)(H,19,20)/t9-,10+,11-,12+/m0/s1. The van der Waals surface area contributed by atoms with E-state index in [1.807, 2.05) is 12.1 Å². The number of rotatable bonds is 4. The number of carbonyl (C=O) groups excluding carboxylic acids is 1. The third-order valence-corrected chi connectivity index (χ3v) is 4.19. The maximum absolute atomic E-state index is 12.2. The molecule has 0 saturated carbocycles. The van der Waals surface area contributed by atoms with Crippen molar-refractivity contribution < 1.29 is 19.4 Å². The molecule has 0 spiro atoms. The minimum Gasteiger partial charge on any atom is -0.481 e. The normalized spacial score (nSPS) is 29.4. The predicted octanol–water partition coefficient (Wildman–Crippen LogP) is 1.55. The van der Waals surface area contributed by atoms with E-state index in [-0.39, 0.29) is 5.91 Å². The van der Waals surface area contributed by atoms with Gasteiger partial charge in [-0.3, -0.25) is 20.4 Å². The Labute approximate surface area is 129 Å². The molecule has 3 rings (SSSR count). The van der Waals surface area contributed by atoms with Crippen molar-refractivity contribution >= 4 is 33.5 Å². The second-order valence-corrected chi connectivity index (χ2v) is 5.88. The fourth-order valence-corrected chi connectivity index (χ4v) is 2.93. The summed E-state index contributed by atoms with van der Waals surface area (Å²) < 4.78 is 6.39. The van der Waals surface area contributed by atoms with E-state index in [1.165, 1.54) is 0 Å². The van der Waals surface area contributed by atoms with Crippen LogP contribution in [0.4, 0.5) is 5.69 Å². The van der Waals surface area contributed by atoms with Crippen LogP contribution in [0.25, 0.3) is 0 Å². The number of ether oxygens (including phenoxy) is 1. The van der Waals surface area contributed by atoms with Crippen LogP contribution in [-0.2, 0) is 14.3 Å². The summed E-state index contributed by atoms with van der Waals surface area (Å²) in [6.07, 6.45) is 2.46. The molecule has 0 radical (unpaired) electrons. The molecule has 1 saturated heterocycles. The third kappa shape index (κ3) is 2.66. The Kier molecular flexibility index (Phi) is 3.69. The number of hydrogen-bond acceptors (Lipinski definition) is 4. The highest BCUT2D eigenvalue weighted by molar-refractivity contribution is 9.10. The van der Waals surface area contributed by atoms with Crippen molar-refractivity contribution in [2.24, 2.45) is 11.8 Å². The van der Waals surface area contributed by atoms with Gasteiger partial charge in [0.05, 0.1) is 23.8 Å². The number of carboxylic acid groups (broad SMARTS) is 1. The van der Waals surface area contributed by atoms with Crippen molar-refractivity contribution in [1.29, 1.82) is 0 Å². The van der Waals surface area contributed by atoms with Gasteiger partial charge in [0, 0.05) is 4.47 Å². The summed E-state index contributed by atoms with van der Waals surface area (Å²) in [5.74, 6) is -2.97. The van der Waals surface area contributed by atoms with Crippen molar-refractivity contribution in [2.75, 3.05) is 5.43 Å². The largest absolute Gasteiger partial charge is 0.481 e. The first-order chi connectivity index (χ1) is 10.1. The fourth-order valence-electron chi connectivity index (χ4n) is 2.67. The number of hydrazine groups is 1. The van der Waals surface area contributed by atoms with Crippen LogP contribution in [0.1, 0.15) is 0 Å². The lowest BCUT2D eigenvalue weighted by Crippen LogP contribution is -2.44. The van der Waals surface area contributed by atoms with Crippen LogP contribution in [0.15, 0.2) is 40.9 Å². The molecule has 1 aromatic rings. The number of fused-ring (bicyclic) bond motifs is 2. The van der Waals surface area contributed by atoms with Gasteiger partial charge in [-0.1, -0.05) is 28.1 Å². The Morgan fingerprint density at radius 1 is 1.10 bits per heavy atom. The first-order valence-electron chi connectivity index (χ1n) is 6.44. The van der Waals surface area contributed by atoms with Crippen molar-refractivity contribution in [3.8, 4) is 0 Å². The zero-order valence-electron chi connectivity index (χ0n) is 10.8. The average molecular weight is 353 g/mol. The summed E-state index contributed by atoms with van der Waals surface area (Å²) in [7, 11) is 0. The maximum atomic E-state index is 12.2. The minimum absolute atomic E-state index is 0.387. The SMILES string of the molecule is O=C(NNc1ccc(Br)cc1)[C@@H]1[C@H](C(=O)O)[C@H]2C=C[C@@H]1O2. The summed E-state index contributed by atoms with van der Waals surface area (Å²) in [6.45, 7) is 0. The van der Waals surface area contributed by atoms with Gasteiger partial charge in [-0.25, -0.2) is 0 Å². The van der Waals surface area contributed by atoms with Crippen LogP contribution in [0.2, 0.25) is 0 Å². The number of nitrogens with one attached hydrogen (secondary N) is 2. The third-order valence-electron chi connectivity index (χ3n) is 3.66. The smallest absolute Gasteiger partial charge is 0.310 e. The molecule has 4 atom stereocenters. The molecular formula is C14H13BrN2O4. The maximum Gasteiger partial charge on any atom is 0.310 e. The number of carboxylic acids is 1. The number of anilines is 1. The Morgan fingerprint density at radius 2 is 1.71 bits per heavy atom. The van der Waals surface area contributed by atoms with Crippen LogP contribution in [-0.4, -0.2) is 29.2 Å². The van der Waals surface area contributed by atoms with E-state index in [9.17, 15) is 14.7 Å². The second kappa shape index (κ2) is 5.50. The molecule has 1 aromatic carbocycles. The van der Waals surface area contributed by atoms with Crippen LogP contribution in [0.5, 0.6) is 0 Å². The highest BCUT2D eigenvalue weighted by Crippen LogP contribution is 2.39. The monoisotopic (exact) mass is 352 g/mol. The number of hydrogen-bond donors (Lipinski definition) is 3. The molecular weight excluding hydrogens is 340 g/mol. The summed E-state index contributed by atoms with van der Waals surface area (Å²) >= 11 is 3.32. The van der Waals surface area contributed by atoms with E-state index in [4.69, 9.17) is 4.74 Å². The number of amides is 1. The molecule has 0 aliphatic carbocycles. The van der Waals surface area contributed by atoms with Crippen LogP contribution >= 0.6 is 15.9 Å². The highest BCUT2D eigenvalue weighted by atomic mass is 79.9. The number of halogens is 1. The van der Waals surface area contributed by atoms with Crippen molar-refractivity contribution in [3.05, 3.63) is 40.9 Å². The molecule has 1 fully saturated rings. The molecule has 6 nitrogen and oxygen atoms in total. The molecule has 2 aliphatic heterocycles. The zero-order valence-corrected chi connectivity index (χ0v) is 12.4. The van der Waals surface area contributed by atoms with Crippen molar-refractivity contribution in [2.45, 2.75) is 12.2 Å². The van der Waals surface area contributed by atoms with E-state index in [0.29, 0.717) is 5.69 Å². The average Bonchev–Trinajstić information content (AvgIpc) is 3.06. The number of aliphatic carboxylic acids is 1. The van der Waals surface area contributed by atoms with Gasteiger partial charge in [0.15, 0.2) is 0 Å². The topological polar surface area (TPSA) is 87.7 Å². The van der Waals surface area contributed by atoms with Gasteiger partial charge >= 0.3 is 5.97 Å². The Bertz CT molecular complexity index is 601. The van der Waals surface area contributed by atoms with E-state index in [0.717, 1.165) is 4.47 Å². The van der Waals surface area contributed by atoms with Crippen LogP contribution in [0.3, 0.4) is 0 Å². The van der Waals surface area contributed by atoms with Gasteiger partial charge in [-0.05, 0) is 24.3 Å². The first kappa shape index (κ1) is 14.1. The molecule has 1 amide bonds. The van der Waals surface area contributed by atoms with Crippen LogP contribution < -0.4 is 10.9 Å². The molecule has 0 unspecified atom stereocenters. The molecule has 7 heteroatoms. The minimum atomic E-state index is -1.02. The summed E-state index contributed by atoms with van der Waals surface area (Å²) in [5, 5.41) is 9.25. The van der Waals surface area contributed by atoms with Crippen LogP contribution in [0, 0.1) is 11.8 Å². The van der Waals surface area contributed by atoms with Crippen molar-refractivity contribution in [1.82, 2.24) is 5.43 Å².